The summed E-state index contributed by atoms with van der Waals surface area (Å²) in [6.07, 6.45) is 5.51. The highest BCUT2D eigenvalue weighted by Gasteiger charge is 2.41. The van der Waals surface area contributed by atoms with Crippen molar-refractivity contribution in [3.63, 3.8) is 0 Å². The summed E-state index contributed by atoms with van der Waals surface area (Å²) in [6, 6.07) is 9.13. The van der Waals surface area contributed by atoms with Gasteiger partial charge in [-0.15, -0.1) is 0 Å². The van der Waals surface area contributed by atoms with Crippen molar-refractivity contribution < 1.29 is 9.32 Å². The summed E-state index contributed by atoms with van der Waals surface area (Å²) in [5.41, 5.74) is 4.06. The first-order valence-electron chi connectivity index (χ1n) is 8.50. The smallest absolute Gasteiger partial charge is 0.260 e. The molecule has 1 aromatic carbocycles. The number of benzene rings is 1. The van der Waals surface area contributed by atoms with E-state index in [0.29, 0.717) is 23.1 Å². The molecule has 4 heteroatoms. The van der Waals surface area contributed by atoms with Crippen LogP contribution < -0.4 is 0 Å². The summed E-state index contributed by atoms with van der Waals surface area (Å²) in [5.74, 6) is 0.715. The van der Waals surface area contributed by atoms with Crippen molar-refractivity contribution in [2.24, 2.45) is 0 Å². The Morgan fingerprint density at radius 3 is 2.70 bits per heavy atom. The van der Waals surface area contributed by atoms with Gasteiger partial charge < -0.3 is 9.42 Å². The monoisotopic (exact) mass is 310 g/mol. The van der Waals surface area contributed by atoms with Crippen molar-refractivity contribution in [1.29, 1.82) is 0 Å². The molecule has 0 radical (unpaired) electrons. The zero-order valence-electron chi connectivity index (χ0n) is 13.7. The third kappa shape index (κ3) is 2.46. The number of carbonyl (C=O) groups is 1. The summed E-state index contributed by atoms with van der Waals surface area (Å²) in [5, 5.41) is 3.97. The van der Waals surface area contributed by atoms with E-state index in [0.717, 1.165) is 32.1 Å². The number of aryl methyl sites for hydroxylation is 3. The summed E-state index contributed by atoms with van der Waals surface area (Å²) in [4.78, 5) is 15.4. The highest BCUT2D eigenvalue weighted by molar-refractivity contribution is 5.96. The van der Waals surface area contributed by atoms with Crippen LogP contribution in [0.25, 0.3) is 0 Å². The number of carbonyl (C=O) groups excluding carboxylic acids is 1. The van der Waals surface area contributed by atoms with E-state index in [4.69, 9.17) is 4.52 Å². The van der Waals surface area contributed by atoms with Gasteiger partial charge in [-0.3, -0.25) is 4.79 Å². The molecule has 0 saturated heterocycles. The van der Waals surface area contributed by atoms with Crippen LogP contribution in [0.15, 0.2) is 28.8 Å². The summed E-state index contributed by atoms with van der Waals surface area (Å²) < 4.78 is 5.23. The second kappa shape index (κ2) is 5.52. The van der Waals surface area contributed by atoms with E-state index in [1.807, 2.05) is 13.8 Å². The lowest BCUT2D eigenvalue weighted by Crippen LogP contribution is -2.38. The molecular weight excluding hydrogens is 288 g/mol. The van der Waals surface area contributed by atoms with Gasteiger partial charge in [-0.2, -0.15) is 0 Å². The molecule has 1 fully saturated rings. The van der Waals surface area contributed by atoms with E-state index in [-0.39, 0.29) is 11.9 Å². The fourth-order valence-electron chi connectivity index (χ4n) is 3.85. The maximum absolute atomic E-state index is 13.3. The van der Waals surface area contributed by atoms with Crippen LogP contribution in [0.2, 0.25) is 0 Å². The number of fused-ring (bicyclic) bond motifs is 1. The largest absolute Gasteiger partial charge is 0.361 e. The summed E-state index contributed by atoms with van der Waals surface area (Å²) in [6.45, 7) is 3.68. The molecule has 1 amide bonds. The summed E-state index contributed by atoms with van der Waals surface area (Å²) >= 11 is 0. The lowest BCUT2D eigenvalue weighted by molar-refractivity contribution is 0.0635. The van der Waals surface area contributed by atoms with Crippen LogP contribution >= 0.6 is 0 Å². The molecular formula is C19H22N2O2. The molecule has 120 valence electrons. The standard InChI is InChI=1S/C19H22N2O2/c1-12-18(13(2)23-20-12)19(22)21(15-10-11-15)17-9-5-7-14-6-3-4-8-16(14)17/h3-4,6,8,15,17H,5,7,9-11H2,1-2H3/t17-/m1/s1. The van der Waals surface area contributed by atoms with E-state index in [1.54, 1.807) is 0 Å². The molecule has 4 nitrogen and oxygen atoms in total. The van der Waals surface area contributed by atoms with E-state index in [2.05, 4.69) is 34.3 Å². The van der Waals surface area contributed by atoms with E-state index in [9.17, 15) is 4.79 Å². The molecule has 0 N–H and O–H groups in total. The maximum atomic E-state index is 13.3. The third-order valence-corrected chi connectivity index (χ3v) is 5.10. The minimum atomic E-state index is 0.0884. The van der Waals surface area contributed by atoms with Gasteiger partial charge in [0.15, 0.2) is 0 Å². The Morgan fingerprint density at radius 2 is 2.00 bits per heavy atom. The normalized spacial score (nSPS) is 20.2. The molecule has 0 unspecified atom stereocenters. The Labute approximate surface area is 136 Å². The molecule has 2 aliphatic carbocycles. The van der Waals surface area contributed by atoms with Crippen molar-refractivity contribution in [3.05, 3.63) is 52.4 Å². The van der Waals surface area contributed by atoms with Crippen LogP contribution in [0.1, 0.15) is 64.7 Å². The number of hydrogen-bond donors (Lipinski definition) is 0. The highest BCUT2D eigenvalue weighted by atomic mass is 16.5. The first-order valence-corrected chi connectivity index (χ1v) is 8.50. The molecule has 23 heavy (non-hydrogen) atoms. The van der Waals surface area contributed by atoms with Gasteiger partial charge in [0.1, 0.15) is 11.3 Å². The van der Waals surface area contributed by atoms with Crippen LogP contribution in [0.3, 0.4) is 0 Å². The Balaban J connectivity index is 1.74. The molecule has 2 aliphatic rings. The van der Waals surface area contributed by atoms with Crippen LogP contribution in [-0.2, 0) is 6.42 Å². The second-order valence-electron chi connectivity index (χ2n) is 6.75. The van der Waals surface area contributed by atoms with Crippen molar-refractivity contribution >= 4 is 5.91 Å². The van der Waals surface area contributed by atoms with Gasteiger partial charge in [0.05, 0.1) is 11.7 Å². The molecule has 1 atom stereocenters. The van der Waals surface area contributed by atoms with Gasteiger partial charge in [0.25, 0.3) is 5.91 Å². The predicted octanol–water partition coefficient (Wildman–Crippen LogP) is 3.97. The molecule has 1 heterocycles. The third-order valence-electron chi connectivity index (χ3n) is 5.10. The highest BCUT2D eigenvalue weighted by Crippen LogP contribution is 2.42. The average Bonchev–Trinajstić information content (AvgIpc) is 3.33. The minimum Gasteiger partial charge on any atom is -0.361 e. The quantitative estimate of drug-likeness (QED) is 0.861. The molecule has 1 aromatic heterocycles. The van der Waals surface area contributed by atoms with Gasteiger partial charge in [-0.25, -0.2) is 0 Å². The summed E-state index contributed by atoms with van der Waals surface area (Å²) in [7, 11) is 0. The van der Waals surface area contributed by atoms with Gasteiger partial charge in [0, 0.05) is 6.04 Å². The molecule has 4 rings (SSSR count). The molecule has 1 saturated carbocycles. The zero-order valence-corrected chi connectivity index (χ0v) is 13.7. The van der Waals surface area contributed by atoms with E-state index < -0.39 is 0 Å². The van der Waals surface area contributed by atoms with Gasteiger partial charge in [-0.05, 0) is 57.1 Å². The Morgan fingerprint density at radius 1 is 1.22 bits per heavy atom. The number of nitrogens with zero attached hydrogens (tertiary/aromatic N) is 2. The van der Waals surface area contributed by atoms with Crippen LogP contribution in [0.5, 0.6) is 0 Å². The van der Waals surface area contributed by atoms with Crippen molar-refractivity contribution in [2.75, 3.05) is 0 Å². The van der Waals surface area contributed by atoms with Crippen molar-refractivity contribution in [1.82, 2.24) is 10.1 Å². The maximum Gasteiger partial charge on any atom is 0.260 e. The van der Waals surface area contributed by atoms with Crippen molar-refractivity contribution in [3.8, 4) is 0 Å². The topological polar surface area (TPSA) is 46.3 Å². The predicted molar refractivity (Wildman–Crippen MR) is 87.3 cm³/mol. The van der Waals surface area contributed by atoms with E-state index >= 15 is 0 Å². The van der Waals surface area contributed by atoms with Gasteiger partial charge in [0.2, 0.25) is 0 Å². The zero-order chi connectivity index (χ0) is 16.0. The molecule has 0 aliphatic heterocycles. The Bertz CT molecular complexity index is 726. The Kier molecular flexibility index (Phi) is 3.47. The van der Waals surface area contributed by atoms with Crippen molar-refractivity contribution in [2.45, 2.75) is 58.0 Å². The lowest BCUT2D eigenvalue weighted by Gasteiger charge is -2.36. The van der Waals surface area contributed by atoms with E-state index in [1.165, 1.54) is 11.1 Å². The minimum absolute atomic E-state index is 0.0884. The van der Waals surface area contributed by atoms with Crippen LogP contribution in [0, 0.1) is 13.8 Å². The first kappa shape index (κ1) is 14.5. The fraction of sp³-hybridized carbons (Fsp3) is 0.474. The first-order chi connectivity index (χ1) is 11.2. The van der Waals surface area contributed by atoms with Gasteiger partial charge >= 0.3 is 0 Å². The van der Waals surface area contributed by atoms with Gasteiger partial charge in [-0.1, -0.05) is 29.4 Å². The lowest BCUT2D eigenvalue weighted by atomic mass is 9.86. The molecule has 0 bridgehead atoms. The number of aromatic nitrogens is 1. The number of rotatable bonds is 3. The number of hydrogen-bond acceptors (Lipinski definition) is 3. The molecule has 2 aromatic rings. The SMILES string of the molecule is Cc1noc(C)c1C(=O)N(C1CC1)[C@@H]1CCCc2ccccc21. The Hall–Kier alpha value is -2.10. The fourth-order valence-corrected chi connectivity index (χ4v) is 3.85. The van der Waals surface area contributed by atoms with Crippen LogP contribution in [0.4, 0.5) is 0 Å². The van der Waals surface area contributed by atoms with Crippen LogP contribution in [-0.4, -0.2) is 22.0 Å². The molecule has 0 spiro atoms. The second-order valence-corrected chi connectivity index (χ2v) is 6.75. The number of amides is 1. The average molecular weight is 310 g/mol.